The number of nitrogens with zero attached hydrogens (tertiary/aromatic N) is 1. The second kappa shape index (κ2) is 6.91. The van der Waals surface area contributed by atoms with Crippen molar-refractivity contribution in [3.05, 3.63) is 63.0 Å². The van der Waals surface area contributed by atoms with E-state index in [2.05, 4.69) is 41.5 Å². The van der Waals surface area contributed by atoms with Gasteiger partial charge in [0.2, 0.25) is 0 Å². The molecule has 1 aromatic carbocycles. The fourth-order valence-corrected chi connectivity index (χ4v) is 4.68. The Morgan fingerprint density at radius 1 is 1.15 bits per heavy atom. The summed E-state index contributed by atoms with van der Waals surface area (Å²) in [5.41, 5.74) is 6.17. The number of hydrogen-bond acceptors (Lipinski definition) is 4. The van der Waals surface area contributed by atoms with Gasteiger partial charge in [-0.25, -0.2) is 0 Å². The van der Waals surface area contributed by atoms with Crippen LogP contribution in [0.15, 0.2) is 40.5 Å². The molecule has 0 fully saturated rings. The lowest BCUT2D eigenvalue weighted by Crippen LogP contribution is -2.14. The fourth-order valence-electron chi connectivity index (χ4n) is 3.88. The van der Waals surface area contributed by atoms with Crippen molar-refractivity contribution in [1.82, 2.24) is 15.3 Å². The van der Waals surface area contributed by atoms with Crippen molar-refractivity contribution >= 4 is 32.3 Å². The van der Waals surface area contributed by atoms with Crippen molar-refractivity contribution in [2.24, 2.45) is 0 Å². The average Bonchev–Trinajstić information content (AvgIpc) is 3.14. The predicted molar refractivity (Wildman–Crippen MR) is 115 cm³/mol. The Labute approximate surface area is 162 Å². The molecule has 5 heteroatoms. The molecule has 0 aliphatic rings. The van der Waals surface area contributed by atoms with Crippen LogP contribution in [0.2, 0.25) is 0 Å². The van der Waals surface area contributed by atoms with Crippen LogP contribution < -0.4 is 10.9 Å². The van der Waals surface area contributed by atoms with Gasteiger partial charge in [-0.05, 0) is 49.4 Å². The molecule has 4 rings (SSSR count). The molecule has 3 heterocycles. The molecule has 0 saturated carbocycles. The third-order valence-electron chi connectivity index (χ3n) is 5.22. The second-order valence-corrected chi connectivity index (χ2v) is 8.02. The highest BCUT2D eigenvalue weighted by atomic mass is 32.1. The SMILES string of the molecule is CNC[C@H](C)c1ccc(-c2c(C)nc(C)c3[nH]c(=O)c4sccc4c23)cc1. The molecule has 0 unspecified atom stereocenters. The van der Waals surface area contributed by atoms with Crippen LogP contribution in [0.25, 0.3) is 32.1 Å². The third kappa shape index (κ3) is 2.97. The molecule has 0 radical (unpaired) electrons. The molecule has 2 N–H and O–H groups in total. The zero-order valence-corrected chi connectivity index (χ0v) is 16.8. The van der Waals surface area contributed by atoms with E-state index in [4.69, 9.17) is 4.98 Å². The molecule has 0 amide bonds. The van der Waals surface area contributed by atoms with Crippen LogP contribution in [0.5, 0.6) is 0 Å². The molecule has 4 aromatic rings. The Bertz CT molecular complexity index is 1190. The van der Waals surface area contributed by atoms with Gasteiger partial charge in [0.15, 0.2) is 0 Å². The second-order valence-electron chi connectivity index (χ2n) is 7.11. The quantitative estimate of drug-likeness (QED) is 0.540. The lowest BCUT2D eigenvalue weighted by Gasteiger charge is -2.15. The smallest absolute Gasteiger partial charge is 0.266 e. The number of pyridine rings is 2. The summed E-state index contributed by atoms with van der Waals surface area (Å²) >= 11 is 1.49. The molecule has 0 bridgehead atoms. The molecule has 0 spiro atoms. The summed E-state index contributed by atoms with van der Waals surface area (Å²) in [7, 11) is 1.98. The first-order valence-electron chi connectivity index (χ1n) is 9.16. The van der Waals surface area contributed by atoms with Crippen LogP contribution in [0.3, 0.4) is 0 Å². The Kier molecular flexibility index (Phi) is 4.58. The van der Waals surface area contributed by atoms with Gasteiger partial charge in [-0.1, -0.05) is 31.2 Å². The molecule has 0 aliphatic carbocycles. The average molecular weight is 378 g/mol. The number of aromatic amines is 1. The number of H-pyrrole nitrogens is 1. The van der Waals surface area contributed by atoms with E-state index in [1.165, 1.54) is 16.9 Å². The standard InChI is InChI=1S/C22H23N3OS/c1-12(11-23-4)15-5-7-16(8-6-15)18-13(2)24-14(3)20-19(18)17-9-10-27-21(17)22(26)25-20/h5-10,12,23H,11H2,1-4H3,(H,25,26)/t12-/m0/s1. The summed E-state index contributed by atoms with van der Waals surface area (Å²) in [6, 6.07) is 10.8. The monoisotopic (exact) mass is 377 g/mol. The van der Waals surface area contributed by atoms with Gasteiger partial charge in [0, 0.05) is 28.6 Å². The molecule has 1 atom stereocenters. The first-order chi connectivity index (χ1) is 13.0. The number of aryl methyl sites for hydroxylation is 2. The molecule has 0 saturated heterocycles. The number of rotatable bonds is 4. The number of likely N-dealkylation sites (N-methyl/N-ethyl adjacent to an activating group) is 1. The highest BCUT2D eigenvalue weighted by Gasteiger charge is 2.17. The van der Waals surface area contributed by atoms with E-state index < -0.39 is 0 Å². The number of thiophene rings is 1. The van der Waals surface area contributed by atoms with Crippen molar-refractivity contribution in [1.29, 1.82) is 0 Å². The van der Waals surface area contributed by atoms with E-state index in [1.54, 1.807) is 0 Å². The van der Waals surface area contributed by atoms with Gasteiger partial charge in [0.1, 0.15) is 4.70 Å². The van der Waals surface area contributed by atoms with E-state index in [0.717, 1.165) is 50.0 Å². The highest BCUT2D eigenvalue weighted by Crippen LogP contribution is 2.36. The summed E-state index contributed by atoms with van der Waals surface area (Å²) < 4.78 is 0.771. The maximum atomic E-state index is 12.4. The molecular weight excluding hydrogens is 354 g/mol. The van der Waals surface area contributed by atoms with Crippen LogP contribution in [-0.4, -0.2) is 23.6 Å². The number of aromatic nitrogens is 2. The van der Waals surface area contributed by atoms with Crippen LogP contribution in [0, 0.1) is 13.8 Å². The largest absolute Gasteiger partial charge is 0.319 e. The van der Waals surface area contributed by atoms with Gasteiger partial charge in [-0.2, -0.15) is 0 Å². The highest BCUT2D eigenvalue weighted by molar-refractivity contribution is 7.17. The van der Waals surface area contributed by atoms with Gasteiger partial charge >= 0.3 is 0 Å². The van der Waals surface area contributed by atoms with E-state index in [0.29, 0.717) is 5.92 Å². The van der Waals surface area contributed by atoms with Gasteiger partial charge < -0.3 is 10.3 Å². The van der Waals surface area contributed by atoms with Gasteiger partial charge in [0.05, 0.1) is 11.2 Å². The number of hydrogen-bond donors (Lipinski definition) is 2. The Morgan fingerprint density at radius 2 is 1.89 bits per heavy atom. The van der Waals surface area contributed by atoms with Crippen molar-refractivity contribution in [2.75, 3.05) is 13.6 Å². The molecule has 3 aromatic heterocycles. The van der Waals surface area contributed by atoms with Crippen molar-refractivity contribution < 1.29 is 0 Å². The topological polar surface area (TPSA) is 57.8 Å². The normalized spacial score (nSPS) is 12.7. The molecule has 138 valence electrons. The van der Waals surface area contributed by atoms with Crippen molar-refractivity contribution in [3.8, 4) is 11.1 Å². The molecular formula is C22H23N3OS. The molecule has 4 nitrogen and oxygen atoms in total. The summed E-state index contributed by atoms with van der Waals surface area (Å²) in [6.45, 7) is 7.17. The number of fused-ring (bicyclic) bond motifs is 3. The minimum absolute atomic E-state index is 0.0385. The van der Waals surface area contributed by atoms with Gasteiger partial charge in [0.25, 0.3) is 5.56 Å². The Morgan fingerprint density at radius 3 is 2.59 bits per heavy atom. The number of nitrogens with one attached hydrogen (secondary N) is 2. The van der Waals surface area contributed by atoms with Crippen LogP contribution in [0.1, 0.15) is 29.8 Å². The van der Waals surface area contributed by atoms with E-state index in [-0.39, 0.29) is 5.56 Å². The Balaban J connectivity index is 1.99. The van der Waals surface area contributed by atoms with E-state index in [1.807, 2.05) is 32.3 Å². The Hall–Kier alpha value is -2.50. The van der Waals surface area contributed by atoms with Crippen LogP contribution in [0.4, 0.5) is 0 Å². The zero-order valence-electron chi connectivity index (χ0n) is 16.0. The van der Waals surface area contributed by atoms with Crippen LogP contribution in [-0.2, 0) is 0 Å². The fraction of sp³-hybridized carbons (Fsp3) is 0.273. The predicted octanol–water partition coefficient (Wildman–Crippen LogP) is 4.74. The summed E-state index contributed by atoms with van der Waals surface area (Å²) in [4.78, 5) is 20.2. The first kappa shape index (κ1) is 17.9. The van der Waals surface area contributed by atoms with Gasteiger partial charge in [-0.3, -0.25) is 9.78 Å². The van der Waals surface area contributed by atoms with E-state index in [9.17, 15) is 4.79 Å². The number of benzene rings is 1. The third-order valence-corrected chi connectivity index (χ3v) is 6.13. The zero-order chi connectivity index (χ0) is 19.1. The maximum Gasteiger partial charge on any atom is 0.266 e. The minimum atomic E-state index is -0.0385. The molecule has 27 heavy (non-hydrogen) atoms. The molecule has 0 aliphatic heterocycles. The summed E-state index contributed by atoms with van der Waals surface area (Å²) in [5.74, 6) is 0.456. The minimum Gasteiger partial charge on any atom is -0.319 e. The van der Waals surface area contributed by atoms with Crippen LogP contribution >= 0.6 is 11.3 Å². The summed E-state index contributed by atoms with van der Waals surface area (Å²) in [5, 5.41) is 7.31. The maximum absolute atomic E-state index is 12.4. The van der Waals surface area contributed by atoms with Crippen molar-refractivity contribution in [3.63, 3.8) is 0 Å². The summed E-state index contributed by atoms with van der Waals surface area (Å²) in [6.07, 6.45) is 0. The van der Waals surface area contributed by atoms with E-state index >= 15 is 0 Å². The van der Waals surface area contributed by atoms with Gasteiger partial charge in [-0.15, -0.1) is 11.3 Å². The lowest BCUT2D eigenvalue weighted by molar-refractivity contribution is 0.678. The first-order valence-corrected chi connectivity index (χ1v) is 10.0. The van der Waals surface area contributed by atoms with Crippen molar-refractivity contribution in [2.45, 2.75) is 26.7 Å². The lowest BCUT2D eigenvalue weighted by atomic mass is 9.93.